The Hall–Kier alpha value is -1.59. The largest absolute Gasteiger partial charge is 0.479 e. The van der Waals surface area contributed by atoms with E-state index >= 15 is 0 Å². The van der Waals surface area contributed by atoms with Crippen LogP contribution >= 0.6 is 0 Å². The van der Waals surface area contributed by atoms with Gasteiger partial charge in [-0.15, -0.1) is 0 Å². The minimum atomic E-state index is -0.414. The van der Waals surface area contributed by atoms with Gasteiger partial charge in [0.15, 0.2) is 6.10 Å². The van der Waals surface area contributed by atoms with Gasteiger partial charge in [-0.2, -0.15) is 0 Å². The van der Waals surface area contributed by atoms with Crippen molar-refractivity contribution in [3.63, 3.8) is 0 Å². The predicted octanol–water partition coefficient (Wildman–Crippen LogP) is 1.93. The standard InChI is InChI=1S/C17H25N3O2/c1-12-17(21)18-15-10-13(4-5-16(15)22-12)11-20-8-6-14(7-9-20)19(2)3/h4-5,10,12,14H,6-9,11H2,1-3H3,(H,18,21). The summed E-state index contributed by atoms with van der Waals surface area (Å²) in [4.78, 5) is 16.5. The van der Waals surface area contributed by atoms with Crippen LogP contribution < -0.4 is 10.1 Å². The minimum absolute atomic E-state index is 0.0727. The molecule has 0 aliphatic carbocycles. The zero-order valence-electron chi connectivity index (χ0n) is 13.6. The number of anilines is 1. The molecule has 22 heavy (non-hydrogen) atoms. The van der Waals surface area contributed by atoms with Crippen LogP contribution in [0.2, 0.25) is 0 Å². The summed E-state index contributed by atoms with van der Waals surface area (Å²) in [6, 6.07) is 6.81. The first-order valence-electron chi connectivity index (χ1n) is 8.02. The highest BCUT2D eigenvalue weighted by atomic mass is 16.5. The smallest absolute Gasteiger partial charge is 0.265 e. The number of nitrogens with zero attached hydrogens (tertiary/aromatic N) is 2. The quantitative estimate of drug-likeness (QED) is 0.927. The molecule has 2 heterocycles. The number of carbonyl (C=O) groups is 1. The Bertz CT molecular complexity index is 551. The number of carbonyl (C=O) groups excluding carboxylic acids is 1. The van der Waals surface area contributed by atoms with Gasteiger partial charge in [0.25, 0.3) is 5.91 Å². The molecule has 1 amide bonds. The highest BCUT2D eigenvalue weighted by Crippen LogP contribution is 2.31. The van der Waals surface area contributed by atoms with Gasteiger partial charge in [-0.25, -0.2) is 0 Å². The van der Waals surface area contributed by atoms with E-state index in [4.69, 9.17) is 4.74 Å². The summed E-state index contributed by atoms with van der Waals surface area (Å²) < 4.78 is 5.60. The third kappa shape index (κ3) is 3.25. The number of fused-ring (bicyclic) bond motifs is 1. The lowest BCUT2D eigenvalue weighted by Gasteiger charge is -2.35. The number of amides is 1. The number of likely N-dealkylation sites (tertiary alicyclic amines) is 1. The van der Waals surface area contributed by atoms with Crippen molar-refractivity contribution < 1.29 is 9.53 Å². The summed E-state index contributed by atoms with van der Waals surface area (Å²) >= 11 is 0. The molecule has 1 N–H and O–H groups in total. The number of hydrogen-bond donors (Lipinski definition) is 1. The summed E-state index contributed by atoms with van der Waals surface area (Å²) in [5.74, 6) is 0.693. The zero-order valence-corrected chi connectivity index (χ0v) is 13.6. The van der Waals surface area contributed by atoms with E-state index in [2.05, 4.69) is 35.3 Å². The lowest BCUT2D eigenvalue weighted by molar-refractivity contribution is -0.122. The fourth-order valence-corrected chi connectivity index (χ4v) is 3.21. The molecule has 1 atom stereocenters. The zero-order chi connectivity index (χ0) is 15.7. The molecular formula is C17H25N3O2. The molecule has 0 radical (unpaired) electrons. The molecule has 1 saturated heterocycles. The maximum absolute atomic E-state index is 11.7. The van der Waals surface area contributed by atoms with Crippen LogP contribution in [0, 0.1) is 0 Å². The van der Waals surface area contributed by atoms with Crippen molar-refractivity contribution >= 4 is 11.6 Å². The van der Waals surface area contributed by atoms with Crippen molar-refractivity contribution in [2.45, 2.75) is 38.5 Å². The Kier molecular flexibility index (Phi) is 4.36. The second kappa shape index (κ2) is 6.26. The lowest BCUT2D eigenvalue weighted by Crippen LogP contribution is -2.41. The number of ether oxygens (including phenoxy) is 1. The highest BCUT2D eigenvalue weighted by Gasteiger charge is 2.24. The van der Waals surface area contributed by atoms with E-state index in [-0.39, 0.29) is 5.91 Å². The van der Waals surface area contributed by atoms with E-state index in [1.807, 2.05) is 12.1 Å². The topological polar surface area (TPSA) is 44.8 Å². The van der Waals surface area contributed by atoms with Gasteiger partial charge >= 0.3 is 0 Å². The van der Waals surface area contributed by atoms with Crippen LogP contribution in [0.5, 0.6) is 5.75 Å². The van der Waals surface area contributed by atoms with Crippen LogP contribution in [0.3, 0.4) is 0 Å². The Morgan fingerprint density at radius 3 is 2.73 bits per heavy atom. The summed E-state index contributed by atoms with van der Waals surface area (Å²) in [5.41, 5.74) is 2.02. The van der Waals surface area contributed by atoms with Crippen molar-refractivity contribution in [3.05, 3.63) is 23.8 Å². The number of piperidine rings is 1. The molecule has 1 aromatic carbocycles. The van der Waals surface area contributed by atoms with E-state index in [0.29, 0.717) is 6.04 Å². The Balaban J connectivity index is 1.62. The van der Waals surface area contributed by atoms with Crippen molar-refractivity contribution in [3.8, 4) is 5.75 Å². The summed E-state index contributed by atoms with van der Waals surface area (Å²) in [6.07, 6.45) is 2.02. The van der Waals surface area contributed by atoms with Gasteiger partial charge in [-0.1, -0.05) is 6.07 Å². The van der Waals surface area contributed by atoms with Crippen molar-refractivity contribution in [2.75, 3.05) is 32.5 Å². The monoisotopic (exact) mass is 303 g/mol. The number of benzene rings is 1. The third-order valence-corrected chi connectivity index (χ3v) is 4.67. The Morgan fingerprint density at radius 1 is 1.32 bits per heavy atom. The van der Waals surface area contributed by atoms with Crippen LogP contribution in [0.25, 0.3) is 0 Å². The number of rotatable bonds is 3. The van der Waals surface area contributed by atoms with Crippen LogP contribution in [0.4, 0.5) is 5.69 Å². The summed E-state index contributed by atoms with van der Waals surface area (Å²) in [5, 5.41) is 2.92. The second-order valence-electron chi connectivity index (χ2n) is 6.55. The van der Waals surface area contributed by atoms with E-state index in [9.17, 15) is 4.79 Å². The van der Waals surface area contributed by atoms with Gasteiger partial charge < -0.3 is 15.0 Å². The highest BCUT2D eigenvalue weighted by molar-refractivity contribution is 5.97. The molecule has 5 nitrogen and oxygen atoms in total. The molecule has 5 heteroatoms. The van der Waals surface area contributed by atoms with Crippen molar-refractivity contribution in [2.24, 2.45) is 0 Å². The van der Waals surface area contributed by atoms with Gasteiger partial charge in [0.1, 0.15) is 5.75 Å². The Morgan fingerprint density at radius 2 is 2.05 bits per heavy atom. The van der Waals surface area contributed by atoms with E-state index in [0.717, 1.165) is 31.1 Å². The van der Waals surface area contributed by atoms with Crippen LogP contribution in [-0.4, -0.2) is 55.0 Å². The van der Waals surface area contributed by atoms with E-state index in [1.54, 1.807) is 6.92 Å². The number of hydrogen-bond acceptors (Lipinski definition) is 4. The average Bonchev–Trinajstić information content (AvgIpc) is 2.49. The molecule has 0 saturated carbocycles. The lowest BCUT2D eigenvalue weighted by atomic mass is 10.0. The minimum Gasteiger partial charge on any atom is -0.479 e. The fraction of sp³-hybridized carbons (Fsp3) is 0.588. The average molecular weight is 303 g/mol. The SMILES string of the molecule is CC1Oc2ccc(CN3CCC(N(C)C)CC3)cc2NC1=O. The van der Waals surface area contributed by atoms with Gasteiger partial charge in [-0.05, 0) is 64.6 Å². The molecule has 3 rings (SSSR count). The maximum Gasteiger partial charge on any atom is 0.265 e. The number of nitrogens with one attached hydrogen (secondary N) is 1. The van der Waals surface area contributed by atoms with Crippen molar-refractivity contribution in [1.29, 1.82) is 0 Å². The predicted molar refractivity (Wildman–Crippen MR) is 87.1 cm³/mol. The molecule has 0 aromatic heterocycles. The first-order chi connectivity index (χ1) is 10.5. The molecule has 1 aromatic rings. The van der Waals surface area contributed by atoms with E-state index < -0.39 is 6.10 Å². The molecule has 2 aliphatic heterocycles. The first-order valence-corrected chi connectivity index (χ1v) is 8.02. The third-order valence-electron chi connectivity index (χ3n) is 4.67. The maximum atomic E-state index is 11.7. The summed E-state index contributed by atoms with van der Waals surface area (Å²) in [7, 11) is 4.32. The fourth-order valence-electron chi connectivity index (χ4n) is 3.21. The van der Waals surface area contributed by atoms with E-state index in [1.165, 1.54) is 18.4 Å². The molecule has 1 unspecified atom stereocenters. The van der Waals surface area contributed by atoms with Crippen LogP contribution in [0.15, 0.2) is 18.2 Å². The molecule has 1 fully saturated rings. The van der Waals surface area contributed by atoms with Gasteiger partial charge in [0.05, 0.1) is 5.69 Å². The molecular weight excluding hydrogens is 278 g/mol. The van der Waals surface area contributed by atoms with Gasteiger partial charge in [0, 0.05) is 12.6 Å². The van der Waals surface area contributed by atoms with Crippen LogP contribution in [-0.2, 0) is 11.3 Å². The normalized spacial score (nSPS) is 23.1. The first kappa shape index (κ1) is 15.3. The van der Waals surface area contributed by atoms with Crippen LogP contribution in [0.1, 0.15) is 25.3 Å². The van der Waals surface area contributed by atoms with Crippen molar-refractivity contribution in [1.82, 2.24) is 9.80 Å². The Labute approximate surface area is 132 Å². The van der Waals surface area contributed by atoms with Gasteiger partial charge in [-0.3, -0.25) is 9.69 Å². The molecule has 0 bridgehead atoms. The second-order valence-corrected chi connectivity index (χ2v) is 6.55. The van der Waals surface area contributed by atoms with Gasteiger partial charge in [0.2, 0.25) is 0 Å². The molecule has 0 spiro atoms. The molecule has 2 aliphatic rings. The molecule has 120 valence electrons. The summed E-state index contributed by atoms with van der Waals surface area (Å²) in [6.45, 7) is 4.94.